The largest absolute Gasteiger partial charge is 0.349 e. The van der Waals surface area contributed by atoms with Crippen LogP contribution in [0.15, 0.2) is 0 Å². The van der Waals surface area contributed by atoms with Crippen LogP contribution in [0, 0.1) is 6.92 Å². The first-order valence-electron chi connectivity index (χ1n) is 4.95. The van der Waals surface area contributed by atoms with Gasteiger partial charge < -0.3 is 4.90 Å². The van der Waals surface area contributed by atoms with Gasteiger partial charge in [-0.1, -0.05) is 27.3 Å². The lowest BCUT2D eigenvalue weighted by atomic mass is 10.3. The van der Waals surface area contributed by atoms with Crippen LogP contribution >= 0.6 is 44.2 Å². The summed E-state index contributed by atoms with van der Waals surface area (Å²) in [6.45, 7) is 7.91. The summed E-state index contributed by atoms with van der Waals surface area (Å²) < 4.78 is 0. The molecule has 0 amide bonds. The van der Waals surface area contributed by atoms with Crippen molar-refractivity contribution in [2.75, 3.05) is 23.3 Å². The zero-order valence-electron chi connectivity index (χ0n) is 9.62. The predicted molar refractivity (Wildman–Crippen MR) is 78.9 cm³/mol. The third-order valence-corrected chi connectivity index (χ3v) is 3.96. The van der Waals surface area contributed by atoms with E-state index in [9.17, 15) is 4.79 Å². The zero-order chi connectivity index (χ0) is 11.4. The number of rotatable bonds is 5. The fourth-order valence-electron chi connectivity index (χ4n) is 1.33. The fourth-order valence-corrected chi connectivity index (χ4v) is 2.93. The average Bonchev–Trinajstić information content (AvgIpc) is 2.61. The maximum Gasteiger partial charge on any atom is 0.186 e. The van der Waals surface area contributed by atoms with E-state index in [1.807, 2.05) is 6.92 Å². The molecule has 6 heteroatoms. The quantitative estimate of drug-likeness (QED) is 0.587. The molecule has 0 N–H and O–H groups in total. The molecule has 0 bridgehead atoms. The summed E-state index contributed by atoms with van der Waals surface area (Å²) in [5.41, 5.74) is 0.839. The molecular formula is C10H16Br2N2OS. The highest BCUT2D eigenvalue weighted by atomic mass is 79.9. The number of halogens is 2. The molecule has 92 valence electrons. The third kappa shape index (κ3) is 3.53. The molecule has 0 radical (unpaired) electrons. The normalized spacial score (nSPS) is 9.75. The first kappa shape index (κ1) is 16.1. The van der Waals surface area contributed by atoms with Crippen molar-refractivity contribution >= 4 is 55.2 Å². The van der Waals surface area contributed by atoms with E-state index < -0.39 is 0 Å². The highest BCUT2D eigenvalue weighted by molar-refractivity contribution is 9.09. The highest BCUT2D eigenvalue weighted by Gasteiger charge is 2.16. The van der Waals surface area contributed by atoms with Crippen LogP contribution in [0.5, 0.6) is 0 Å². The van der Waals surface area contributed by atoms with Crippen LogP contribution in [0.25, 0.3) is 0 Å². The lowest BCUT2D eigenvalue weighted by molar-refractivity contribution is 0.102. The van der Waals surface area contributed by atoms with E-state index >= 15 is 0 Å². The first-order chi connectivity index (χ1) is 7.13. The van der Waals surface area contributed by atoms with Gasteiger partial charge in [0.2, 0.25) is 0 Å². The van der Waals surface area contributed by atoms with Crippen LogP contribution in [0.4, 0.5) is 5.13 Å². The summed E-state index contributed by atoms with van der Waals surface area (Å²) in [6.07, 6.45) is 0. The molecule has 3 nitrogen and oxygen atoms in total. The summed E-state index contributed by atoms with van der Waals surface area (Å²) >= 11 is 4.67. The zero-order valence-corrected chi connectivity index (χ0v) is 13.7. The standard InChI is InChI=1S/C10H15BrN2OS.BrH/c1-4-13(5-2)10-12-7(3)9(15-10)8(14)6-11;/h4-6H2,1-3H3;1H. The van der Waals surface area contributed by atoms with Gasteiger partial charge >= 0.3 is 0 Å². The molecule has 0 aliphatic heterocycles. The third-order valence-electron chi connectivity index (χ3n) is 2.19. The highest BCUT2D eigenvalue weighted by Crippen LogP contribution is 2.26. The molecular weight excluding hydrogens is 356 g/mol. The summed E-state index contributed by atoms with van der Waals surface area (Å²) in [5, 5.41) is 1.31. The molecule has 1 rings (SSSR count). The topological polar surface area (TPSA) is 33.2 Å². The summed E-state index contributed by atoms with van der Waals surface area (Å²) in [7, 11) is 0. The van der Waals surface area contributed by atoms with Gasteiger partial charge in [0.25, 0.3) is 0 Å². The Morgan fingerprint density at radius 1 is 1.44 bits per heavy atom. The van der Waals surface area contributed by atoms with Crippen molar-refractivity contribution in [3.05, 3.63) is 10.6 Å². The molecule has 0 aliphatic rings. The van der Waals surface area contributed by atoms with Gasteiger partial charge in [0.15, 0.2) is 10.9 Å². The molecule has 1 aromatic heterocycles. The number of carbonyl (C=O) groups is 1. The number of hydrogen-bond donors (Lipinski definition) is 0. The van der Waals surface area contributed by atoms with Crippen molar-refractivity contribution in [1.29, 1.82) is 0 Å². The van der Waals surface area contributed by atoms with Gasteiger partial charge in [-0.25, -0.2) is 4.98 Å². The Kier molecular flexibility index (Phi) is 7.43. The molecule has 0 unspecified atom stereocenters. The van der Waals surface area contributed by atoms with E-state index in [1.54, 1.807) is 0 Å². The van der Waals surface area contributed by atoms with Crippen LogP contribution < -0.4 is 4.90 Å². The van der Waals surface area contributed by atoms with Crippen molar-refractivity contribution in [2.45, 2.75) is 20.8 Å². The van der Waals surface area contributed by atoms with E-state index in [1.165, 1.54) is 11.3 Å². The van der Waals surface area contributed by atoms with Gasteiger partial charge in [-0.15, -0.1) is 17.0 Å². The Hall–Kier alpha value is 0.0600. The number of hydrogen-bond acceptors (Lipinski definition) is 4. The second-order valence-electron chi connectivity index (χ2n) is 3.14. The number of carbonyl (C=O) groups excluding carboxylic acids is 1. The number of alkyl halides is 1. The number of anilines is 1. The Morgan fingerprint density at radius 3 is 2.44 bits per heavy atom. The average molecular weight is 372 g/mol. The Labute approximate surface area is 119 Å². The first-order valence-corrected chi connectivity index (χ1v) is 6.89. The molecule has 16 heavy (non-hydrogen) atoms. The van der Waals surface area contributed by atoms with Crippen molar-refractivity contribution in [2.24, 2.45) is 0 Å². The molecule has 0 fully saturated rings. The Bertz CT molecular complexity index is 351. The van der Waals surface area contributed by atoms with E-state index in [0.29, 0.717) is 5.33 Å². The second-order valence-corrected chi connectivity index (χ2v) is 4.68. The number of nitrogens with zero attached hydrogens (tertiary/aromatic N) is 2. The van der Waals surface area contributed by atoms with Crippen LogP contribution in [0.1, 0.15) is 29.2 Å². The van der Waals surface area contributed by atoms with E-state index in [-0.39, 0.29) is 22.8 Å². The molecule has 0 aromatic carbocycles. The SMILES string of the molecule is Br.CCN(CC)c1nc(C)c(C(=O)CBr)s1. The Morgan fingerprint density at radius 2 is 2.00 bits per heavy atom. The van der Waals surface area contributed by atoms with E-state index in [2.05, 4.69) is 39.7 Å². The number of thiazole rings is 1. The van der Waals surface area contributed by atoms with Crippen LogP contribution in [0.3, 0.4) is 0 Å². The van der Waals surface area contributed by atoms with Gasteiger partial charge in [-0.05, 0) is 20.8 Å². The fraction of sp³-hybridized carbons (Fsp3) is 0.600. The molecule has 0 spiro atoms. The van der Waals surface area contributed by atoms with Crippen molar-refractivity contribution in [3.63, 3.8) is 0 Å². The minimum absolute atomic E-state index is 0. The number of aryl methyl sites for hydroxylation is 1. The van der Waals surface area contributed by atoms with Crippen molar-refractivity contribution < 1.29 is 4.79 Å². The van der Waals surface area contributed by atoms with E-state index in [4.69, 9.17) is 0 Å². The summed E-state index contributed by atoms with van der Waals surface area (Å²) in [4.78, 5) is 18.9. The maximum atomic E-state index is 11.6. The number of Topliss-reactive ketones (excluding diaryl/α,β-unsaturated/α-hetero) is 1. The molecule has 1 heterocycles. The number of aromatic nitrogens is 1. The number of ketones is 1. The predicted octanol–water partition coefficient (Wildman–Crippen LogP) is 3.45. The Balaban J connectivity index is 0.00000225. The van der Waals surface area contributed by atoms with Gasteiger partial charge in [0.05, 0.1) is 15.9 Å². The second kappa shape index (κ2) is 7.40. The smallest absolute Gasteiger partial charge is 0.186 e. The minimum atomic E-state index is 0. The summed E-state index contributed by atoms with van der Waals surface area (Å²) in [6, 6.07) is 0. The van der Waals surface area contributed by atoms with Gasteiger partial charge in [0.1, 0.15) is 0 Å². The monoisotopic (exact) mass is 370 g/mol. The maximum absolute atomic E-state index is 11.6. The summed E-state index contributed by atoms with van der Waals surface area (Å²) in [5.74, 6) is 0.114. The van der Waals surface area contributed by atoms with Crippen molar-refractivity contribution in [1.82, 2.24) is 4.98 Å². The van der Waals surface area contributed by atoms with Gasteiger partial charge in [0, 0.05) is 13.1 Å². The van der Waals surface area contributed by atoms with E-state index in [0.717, 1.165) is 28.8 Å². The lowest BCUT2D eigenvalue weighted by Gasteiger charge is -2.16. The molecule has 0 aliphatic carbocycles. The van der Waals surface area contributed by atoms with Crippen molar-refractivity contribution in [3.8, 4) is 0 Å². The lowest BCUT2D eigenvalue weighted by Crippen LogP contribution is -2.21. The molecule has 1 aromatic rings. The minimum Gasteiger partial charge on any atom is -0.349 e. The van der Waals surface area contributed by atoms with Gasteiger partial charge in [-0.2, -0.15) is 0 Å². The molecule has 0 saturated carbocycles. The van der Waals surface area contributed by atoms with Crippen LogP contribution in [-0.2, 0) is 0 Å². The molecule has 0 saturated heterocycles. The van der Waals surface area contributed by atoms with Crippen LogP contribution in [0.2, 0.25) is 0 Å². The molecule has 0 atom stereocenters. The van der Waals surface area contributed by atoms with Gasteiger partial charge in [-0.3, -0.25) is 4.79 Å². The van der Waals surface area contributed by atoms with Crippen LogP contribution in [-0.4, -0.2) is 29.2 Å².